The molecule has 4 heteroatoms. The van der Waals surface area contributed by atoms with Crippen LogP contribution in [0.5, 0.6) is 0 Å². The van der Waals surface area contributed by atoms with E-state index in [0.717, 1.165) is 19.3 Å². The zero-order valence-corrected chi connectivity index (χ0v) is 28.7. The molecular formula is C36H50IO2P. The van der Waals surface area contributed by atoms with Crippen LogP contribution in [0.1, 0.15) is 97.6 Å². The Labute approximate surface area is 256 Å². The number of hydrogen-bond acceptors (Lipinski definition) is 1. The fraction of sp³-hybridized carbons (Fsp3) is 0.472. The van der Waals surface area contributed by atoms with Gasteiger partial charge in [0.05, 0.1) is 0 Å². The van der Waals surface area contributed by atoms with Crippen LogP contribution in [0.4, 0.5) is 0 Å². The van der Waals surface area contributed by atoms with Crippen molar-refractivity contribution < 1.29 is 9.90 Å². The molecular weight excluding hydrogens is 622 g/mol. The molecule has 3 aromatic rings. The Morgan fingerprint density at radius 1 is 0.525 bits per heavy atom. The molecule has 0 atom stereocenters. The van der Waals surface area contributed by atoms with Crippen molar-refractivity contribution in [1.29, 1.82) is 0 Å². The van der Waals surface area contributed by atoms with Gasteiger partial charge in [-0.05, 0) is 0 Å². The molecule has 0 radical (unpaired) electrons. The molecule has 0 amide bonds. The van der Waals surface area contributed by atoms with E-state index in [1.165, 1.54) is 94.0 Å². The third kappa shape index (κ3) is 8.19. The number of rotatable bonds is 15. The zero-order valence-electron chi connectivity index (χ0n) is 25.7. The number of halogens is 1. The van der Waals surface area contributed by atoms with Gasteiger partial charge in [0, 0.05) is 0 Å². The standard InChI is InChI=1S/C36H50IO2P/c1-27-18-28(2)22-33(21-27)40(37,34-23-29(3)19-30(4)24-34,35-25-31(5)20-32(6)26-35)17-15-13-11-9-7-8-10-12-14-16-36(38)39/h18-26H,7-17H2,1-6H3,(H,38,39). The number of aliphatic carboxylic acids is 1. The molecule has 0 aromatic heterocycles. The number of hydrogen-bond donors (Lipinski definition) is 1. The van der Waals surface area contributed by atoms with Gasteiger partial charge in [0.15, 0.2) is 0 Å². The Hall–Kier alpha value is -1.71. The summed E-state index contributed by atoms with van der Waals surface area (Å²) < 4.78 is -2.82. The van der Waals surface area contributed by atoms with Crippen LogP contribution in [0, 0.1) is 41.5 Å². The number of aryl methyl sites for hydroxylation is 6. The van der Waals surface area contributed by atoms with Crippen LogP contribution in [0.15, 0.2) is 54.6 Å². The first-order valence-electron chi connectivity index (χ1n) is 15.1. The normalized spacial score (nSPS) is 12.7. The Morgan fingerprint density at radius 3 is 1.10 bits per heavy atom. The molecule has 1 N–H and O–H groups in total. The Bertz CT molecular complexity index is 1120. The average Bonchev–Trinajstić information content (AvgIpc) is 2.85. The van der Waals surface area contributed by atoms with Gasteiger partial charge in [-0.15, -0.1) is 0 Å². The first kappa shape index (κ1) is 32.8. The molecule has 0 spiro atoms. The van der Waals surface area contributed by atoms with E-state index in [0.29, 0.717) is 6.42 Å². The summed E-state index contributed by atoms with van der Waals surface area (Å²) in [4.78, 5) is 10.7. The fourth-order valence-electron chi connectivity index (χ4n) is 6.42. The van der Waals surface area contributed by atoms with Crippen molar-refractivity contribution in [2.75, 3.05) is 6.16 Å². The van der Waals surface area contributed by atoms with Gasteiger partial charge < -0.3 is 5.11 Å². The van der Waals surface area contributed by atoms with Crippen LogP contribution in [0.2, 0.25) is 0 Å². The summed E-state index contributed by atoms with van der Waals surface area (Å²) in [5.74, 6) is -0.671. The van der Waals surface area contributed by atoms with E-state index < -0.39 is 10.2 Å². The van der Waals surface area contributed by atoms with E-state index in [4.69, 9.17) is 5.11 Å². The molecule has 0 fully saturated rings. The molecule has 0 aliphatic heterocycles. The second-order valence-corrected chi connectivity index (χ2v) is 23.0. The topological polar surface area (TPSA) is 37.3 Å². The molecule has 3 aromatic carbocycles. The Balaban J connectivity index is 1.93. The third-order valence-corrected chi connectivity index (χ3v) is 19.8. The summed E-state index contributed by atoms with van der Waals surface area (Å²) in [7, 11) is 0. The number of unbranched alkanes of at least 4 members (excludes halogenated alkanes) is 8. The SMILES string of the molecule is Cc1cc(C)cc(P(I)(CCCCCCCCCCCC(=O)O)(c2cc(C)cc(C)c2)c2cc(C)cc(C)c2)c1. The number of benzene rings is 3. The van der Waals surface area contributed by atoms with Crippen molar-refractivity contribution in [3.8, 4) is 0 Å². The molecule has 0 saturated carbocycles. The molecule has 218 valence electrons. The van der Waals surface area contributed by atoms with Gasteiger partial charge in [0.2, 0.25) is 0 Å². The summed E-state index contributed by atoms with van der Waals surface area (Å²) in [5.41, 5.74) is 8.07. The third-order valence-electron chi connectivity index (χ3n) is 8.20. The van der Waals surface area contributed by atoms with Crippen molar-refractivity contribution >= 4 is 48.2 Å². The predicted molar refractivity (Wildman–Crippen MR) is 186 cm³/mol. The first-order valence-corrected chi connectivity index (χ1v) is 20.3. The molecule has 0 aliphatic rings. The van der Waals surface area contributed by atoms with Crippen LogP contribution in [-0.2, 0) is 4.79 Å². The van der Waals surface area contributed by atoms with Gasteiger partial charge in [0.1, 0.15) is 0 Å². The number of carbonyl (C=O) groups is 1. The van der Waals surface area contributed by atoms with Gasteiger partial charge in [0.25, 0.3) is 0 Å². The van der Waals surface area contributed by atoms with Gasteiger partial charge in [-0.25, -0.2) is 0 Å². The van der Waals surface area contributed by atoms with E-state index >= 15 is 0 Å². The van der Waals surface area contributed by atoms with Gasteiger partial charge in [-0.3, -0.25) is 4.79 Å². The van der Waals surface area contributed by atoms with Crippen LogP contribution >= 0.6 is 26.3 Å². The van der Waals surface area contributed by atoms with Gasteiger partial charge in [-0.2, -0.15) is 0 Å². The monoisotopic (exact) mass is 672 g/mol. The molecule has 0 saturated heterocycles. The van der Waals surface area contributed by atoms with E-state index in [1.54, 1.807) is 0 Å². The maximum absolute atomic E-state index is 10.7. The number of carboxylic acid groups (broad SMARTS) is 1. The minimum atomic E-state index is -2.82. The molecule has 40 heavy (non-hydrogen) atoms. The van der Waals surface area contributed by atoms with E-state index in [9.17, 15) is 4.79 Å². The van der Waals surface area contributed by atoms with E-state index in [1.807, 2.05) is 0 Å². The Morgan fingerprint density at radius 2 is 0.800 bits per heavy atom. The van der Waals surface area contributed by atoms with Crippen LogP contribution in [0.25, 0.3) is 0 Å². The van der Waals surface area contributed by atoms with Gasteiger partial charge >= 0.3 is 248 Å². The van der Waals surface area contributed by atoms with Crippen LogP contribution in [0.3, 0.4) is 0 Å². The molecule has 0 aliphatic carbocycles. The zero-order chi connectivity index (χ0) is 29.4. The Kier molecular flexibility index (Phi) is 11.9. The van der Waals surface area contributed by atoms with Crippen molar-refractivity contribution in [3.05, 3.63) is 88.0 Å². The quantitative estimate of drug-likeness (QED) is 0.0992. The summed E-state index contributed by atoms with van der Waals surface area (Å²) in [6, 6.07) is 21.8. The van der Waals surface area contributed by atoms with Crippen LogP contribution in [-0.4, -0.2) is 17.2 Å². The molecule has 2 nitrogen and oxygen atoms in total. The van der Waals surface area contributed by atoms with Crippen molar-refractivity contribution in [3.63, 3.8) is 0 Å². The summed E-state index contributed by atoms with van der Waals surface area (Å²) >= 11 is 2.99. The van der Waals surface area contributed by atoms with Crippen LogP contribution < -0.4 is 15.9 Å². The molecule has 0 heterocycles. The van der Waals surface area contributed by atoms with Gasteiger partial charge in [-0.1, -0.05) is 0 Å². The second kappa shape index (κ2) is 14.5. The van der Waals surface area contributed by atoms with Crippen molar-refractivity contribution in [2.24, 2.45) is 0 Å². The van der Waals surface area contributed by atoms with E-state index in [2.05, 4.69) is 118 Å². The summed E-state index contributed by atoms with van der Waals surface area (Å²) in [6.45, 7) is 13.5. The average molecular weight is 673 g/mol. The number of carboxylic acids is 1. The molecule has 0 bridgehead atoms. The summed E-state index contributed by atoms with van der Waals surface area (Å²) in [6.07, 6.45) is 12.0. The van der Waals surface area contributed by atoms with E-state index in [-0.39, 0.29) is 0 Å². The van der Waals surface area contributed by atoms with Crippen molar-refractivity contribution in [1.82, 2.24) is 0 Å². The fourth-order valence-corrected chi connectivity index (χ4v) is 15.3. The molecule has 0 unspecified atom stereocenters. The molecule has 3 rings (SSSR count). The summed E-state index contributed by atoms with van der Waals surface area (Å²) in [5, 5.41) is 13.4. The maximum atomic E-state index is 10.7. The second-order valence-electron chi connectivity index (χ2n) is 12.3. The predicted octanol–water partition coefficient (Wildman–Crippen LogP) is 9.70. The minimum absolute atomic E-state index is 0.309. The first-order chi connectivity index (χ1) is 18.9. The van der Waals surface area contributed by atoms with Crippen molar-refractivity contribution in [2.45, 2.75) is 106 Å².